The Kier molecular flexibility index (Phi) is 8.61. The molecule has 5 heteroatoms. The molecule has 1 rings (SSSR count). The van der Waals surface area contributed by atoms with Gasteiger partial charge in [-0.15, -0.1) is 12.4 Å². The zero-order valence-corrected chi connectivity index (χ0v) is 10.9. The molecular formula is C11H23ClN2O2. The Bertz CT molecular complexity index is 198. The van der Waals surface area contributed by atoms with Crippen LogP contribution in [0.25, 0.3) is 0 Å². The quantitative estimate of drug-likeness (QED) is 0.708. The topological polar surface area (TPSA) is 50.4 Å². The van der Waals surface area contributed by atoms with E-state index in [0.29, 0.717) is 6.61 Å². The molecule has 1 saturated heterocycles. The molecule has 96 valence electrons. The fourth-order valence-corrected chi connectivity index (χ4v) is 1.64. The lowest BCUT2D eigenvalue weighted by atomic mass is 10.0. The molecule has 1 atom stereocenters. The van der Waals surface area contributed by atoms with Crippen LogP contribution in [0.3, 0.4) is 0 Å². The summed E-state index contributed by atoms with van der Waals surface area (Å²) in [6, 6.07) is 0.183. The van der Waals surface area contributed by atoms with Crippen molar-refractivity contribution >= 4 is 18.3 Å². The Morgan fingerprint density at radius 3 is 2.69 bits per heavy atom. The summed E-state index contributed by atoms with van der Waals surface area (Å²) in [5.74, 6) is 0.345. The maximum atomic E-state index is 11.7. The third-order valence-corrected chi connectivity index (χ3v) is 2.77. The molecule has 1 heterocycles. The van der Waals surface area contributed by atoms with Crippen LogP contribution in [0.5, 0.6) is 0 Å². The number of unbranched alkanes of at least 4 members (excludes halogenated alkanes) is 1. The molecule has 4 nitrogen and oxygen atoms in total. The van der Waals surface area contributed by atoms with E-state index in [1.54, 1.807) is 7.11 Å². The summed E-state index contributed by atoms with van der Waals surface area (Å²) < 4.78 is 5.10. The molecule has 1 amide bonds. The Hall–Kier alpha value is -0.320. The van der Waals surface area contributed by atoms with Gasteiger partial charge < -0.3 is 15.4 Å². The van der Waals surface area contributed by atoms with E-state index >= 15 is 0 Å². The van der Waals surface area contributed by atoms with Crippen LogP contribution in [0.1, 0.15) is 26.2 Å². The first-order chi connectivity index (χ1) is 7.27. The first kappa shape index (κ1) is 15.7. The summed E-state index contributed by atoms with van der Waals surface area (Å²) in [5, 5.41) is 6.15. The molecule has 2 N–H and O–H groups in total. The van der Waals surface area contributed by atoms with Crippen molar-refractivity contribution in [3.8, 4) is 0 Å². The smallest absolute Gasteiger partial charge is 0.225 e. The Balaban J connectivity index is 0.00000225. The monoisotopic (exact) mass is 250 g/mol. The van der Waals surface area contributed by atoms with E-state index in [0.717, 1.165) is 32.4 Å². The third-order valence-electron chi connectivity index (χ3n) is 2.77. The van der Waals surface area contributed by atoms with Crippen molar-refractivity contribution < 1.29 is 9.53 Å². The van der Waals surface area contributed by atoms with Gasteiger partial charge in [-0.3, -0.25) is 4.79 Å². The summed E-state index contributed by atoms with van der Waals surface area (Å²) in [7, 11) is 1.68. The van der Waals surface area contributed by atoms with Crippen molar-refractivity contribution in [3.05, 3.63) is 0 Å². The summed E-state index contributed by atoms with van der Waals surface area (Å²) in [6.45, 7) is 4.41. The summed E-state index contributed by atoms with van der Waals surface area (Å²) in [5.41, 5.74) is 0. The van der Waals surface area contributed by atoms with Gasteiger partial charge >= 0.3 is 0 Å². The predicted molar refractivity (Wildman–Crippen MR) is 66.9 cm³/mol. The number of carbonyl (C=O) groups is 1. The number of nitrogens with one attached hydrogen (secondary N) is 2. The van der Waals surface area contributed by atoms with Crippen molar-refractivity contribution in [1.82, 2.24) is 10.6 Å². The van der Waals surface area contributed by atoms with Gasteiger partial charge in [0, 0.05) is 20.2 Å². The second-order valence-electron chi connectivity index (χ2n) is 4.16. The minimum Gasteiger partial charge on any atom is -0.383 e. The van der Waals surface area contributed by atoms with Crippen molar-refractivity contribution in [2.24, 2.45) is 5.92 Å². The number of halogens is 1. The molecule has 1 aliphatic rings. The highest BCUT2D eigenvalue weighted by Crippen LogP contribution is 2.06. The Labute approximate surface area is 104 Å². The largest absolute Gasteiger partial charge is 0.383 e. The molecule has 0 aliphatic carbocycles. The molecule has 0 radical (unpaired) electrons. The third kappa shape index (κ3) is 5.14. The van der Waals surface area contributed by atoms with E-state index in [1.165, 1.54) is 0 Å². The minimum absolute atomic E-state index is 0. The minimum atomic E-state index is 0. The van der Waals surface area contributed by atoms with E-state index in [2.05, 4.69) is 17.6 Å². The zero-order valence-electron chi connectivity index (χ0n) is 10.1. The van der Waals surface area contributed by atoms with Crippen molar-refractivity contribution in [2.45, 2.75) is 32.2 Å². The number of hydrogen-bond acceptors (Lipinski definition) is 3. The number of methoxy groups -OCH3 is 1. The second kappa shape index (κ2) is 8.79. The van der Waals surface area contributed by atoms with Gasteiger partial charge in [0.25, 0.3) is 0 Å². The highest BCUT2D eigenvalue weighted by molar-refractivity contribution is 5.85. The highest BCUT2D eigenvalue weighted by Gasteiger charge is 2.26. The molecule has 1 unspecified atom stereocenters. The molecule has 0 aromatic carbocycles. The number of rotatable bonds is 7. The van der Waals surface area contributed by atoms with Crippen LogP contribution in [0, 0.1) is 5.92 Å². The molecule has 0 aromatic heterocycles. The lowest BCUT2D eigenvalue weighted by Gasteiger charge is -2.28. The predicted octanol–water partition coefficient (Wildman–Crippen LogP) is 0.949. The van der Waals surface area contributed by atoms with Gasteiger partial charge in [0.05, 0.1) is 18.6 Å². The van der Waals surface area contributed by atoms with E-state index in [4.69, 9.17) is 4.74 Å². The lowest BCUT2D eigenvalue weighted by molar-refractivity contribution is -0.127. The van der Waals surface area contributed by atoms with Crippen molar-refractivity contribution in [1.29, 1.82) is 0 Å². The highest BCUT2D eigenvalue weighted by atomic mass is 35.5. The van der Waals surface area contributed by atoms with Gasteiger partial charge in [0.1, 0.15) is 0 Å². The summed E-state index contributed by atoms with van der Waals surface area (Å²) in [6.07, 6.45) is 3.30. The van der Waals surface area contributed by atoms with E-state index < -0.39 is 0 Å². The SMILES string of the molecule is CCCCC(COC)NC(=O)C1CNC1.Cl. The number of hydrogen-bond donors (Lipinski definition) is 2. The molecule has 0 bridgehead atoms. The molecule has 16 heavy (non-hydrogen) atoms. The van der Waals surface area contributed by atoms with Crippen LogP contribution in [0.2, 0.25) is 0 Å². The van der Waals surface area contributed by atoms with Gasteiger partial charge in [0.15, 0.2) is 0 Å². The van der Waals surface area contributed by atoms with Crippen LogP contribution in [-0.2, 0) is 9.53 Å². The van der Waals surface area contributed by atoms with Crippen LogP contribution in [0.4, 0.5) is 0 Å². The van der Waals surface area contributed by atoms with Crippen LogP contribution < -0.4 is 10.6 Å². The number of amides is 1. The van der Waals surface area contributed by atoms with Gasteiger partial charge in [-0.1, -0.05) is 19.8 Å². The normalized spacial score (nSPS) is 17.1. The van der Waals surface area contributed by atoms with Crippen molar-refractivity contribution in [3.63, 3.8) is 0 Å². The molecule has 0 saturated carbocycles. The standard InChI is InChI=1S/C11H22N2O2.ClH/c1-3-4-5-10(8-15-2)13-11(14)9-6-12-7-9;/h9-10,12H,3-8H2,1-2H3,(H,13,14);1H. The van der Waals surface area contributed by atoms with E-state index in [-0.39, 0.29) is 30.3 Å². The summed E-state index contributed by atoms with van der Waals surface area (Å²) in [4.78, 5) is 11.7. The van der Waals surface area contributed by atoms with Gasteiger partial charge in [-0.05, 0) is 6.42 Å². The van der Waals surface area contributed by atoms with Gasteiger partial charge in [0.2, 0.25) is 5.91 Å². The summed E-state index contributed by atoms with van der Waals surface area (Å²) >= 11 is 0. The van der Waals surface area contributed by atoms with E-state index in [1.807, 2.05) is 0 Å². The van der Waals surface area contributed by atoms with Crippen LogP contribution >= 0.6 is 12.4 Å². The maximum Gasteiger partial charge on any atom is 0.225 e. The molecule has 1 aliphatic heterocycles. The number of carbonyl (C=O) groups excluding carboxylic acids is 1. The van der Waals surface area contributed by atoms with Gasteiger partial charge in [-0.2, -0.15) is 0 Å². The molecule has 1 fully saturated rings. The Morgan fingerprint density at radius 1 is 1.56 bits per heavy atom. The molecule has 0 aromatic rings. The molecule has 0 spiro atoms. The van der Waals surface area contributed by atoms with Crippen LogP contribution in [0.15, 0.2) is 0 Å². The zero-order chi connectivity index (χ0) is 11.1. The maximum absolute atomic E-state index is 11.7. The Morgan fingerprint density at radius 2 is 2.25 bits per heavy atom. The fraction of sp³-hybridized carbons (Fsp3) is 0.909. The first-order valence-corrected chi connectivity index (χ1v) is 5.78. The second-order valence-corrected chi connectivity index (χ2v) is 4.16. The van der Waals surface area contributed by atoms with Gasteiger partial charge in [-0.25, -0.2) is 0 Å². The molecular weight excluding hydrogens is 228 g/mol. The number of ether oxygens (including phenoxy) is 1. The average molecular weight is 251 g/mol. The van der Waals surface area contributed by atoms with Crippen molar-refractivity contribution in [2.75, 3.05) is 26.8 Å². The average Bonchev–Trinajstić information content (AvgIpc) is 2.11. The van der Waals surface area contributed by atoms with E-state index in [9.17, 15) is 4.79 Å². The fourth-order valence-electron chi connectivity index (χ4n) is 1.64. The first-order valence-electron chi connectivity index (χ1n) is 5.78. The van der Waals surface area contributed by atoms with Crippen LogP contribution in [-0.4, -0.2) is 38.8 Å². The lowest BCUT2D eigenvalue weighted by Crippen LogP contribution is -2.53.